The summed E-state index contributed by atoms with van der Waals surface area (Å²) in [4.78, 5) is 52.2. The van der Waals surface area contributed by atoms with Gasteiger partial charge in [0, 0.05) is 13.0 Å². The molecule has 1 aromatic carbocycles. The highest BCUT2D eigenvalue weighted by Crippen LogP contribution is 2.21. The number of likely N-dealkylation sites (tertiary alicyclic amines) is 1. The minimum Gasteiger partial charge on any atom is -0.459 e. The third kappa shape index (κ3) is 8.08. The number of nitrogens with zero attached hydrogens (tertiary/aromatic N) is 1. The Morgan fingerprint density at radius 2 is 1.94 bits per heavy atom. The summed E-state index contributed by atoms with van der Waals surface area (Å²) < 4.78 is 10.6. The molecule has 3 N–H and O–H groups in total. The number of aliphatic hydroxyl groups is 1. The predicted octanol–water partition coefficient (Wildman–Crippen LogP) is 1.67. The predicted molar refractivity (Wildman–Crippen MR) is 130 cm³/mol. The monoisotopic (exact) mass is 501 g/mol. The van der Waals surface area contributed by atoms with Gasteiger partial charge < -0.3 is 30.1 Å². The Morgan fingerprint density at radius 3 is 2.69 bits per heavy atom. The number of cyclic esters (lactones) is 1. The third-order valence-electron chi connectivity index (χ3n) is 6.33. The van der Waals surface area contributed by atoms with Crippen LogP contribution in [0.3, 0.4) is 0 Å². The SMILES string of the molecule is C[C@H]1CNC(=O)[C@@H](CC(=O)N2CCC[C@H]2CO)CC=CC[C@@H](NC(=O)OCc2ccccc2)C(=O)O1. The molecule has 10 heteroatoms. The lowest BCUT2D eigenvalue weighted by molar-refractivity contribution is -0.151. The molecular formula is C26H35N3O7. The number of hydrogen-bond donors (Lipinski definition) is 3. The second-order valence-corrected chi connectivity index (χ2v) is 9.16. The highest BCUT2D eigenvalue weighted by molar-refractivity contribution is 5.86. The maximum Gasteiger partial charge on any atom is 0.408 e. The van der Waals surface area contributed by atoms with E-state index in [-0.39, 0.29) is 50.5 Å². The summed E-state index contributed by atoms with van der Waals surface area (Å²) in [6.07, 6.45) is 4.09. The quantitative estimate of drug-likeness (QED) is 0.399. The first-order valence-electron chi connectivity index (χ1n) is 12.4. The molecule has 0 radical (unpaired) electrons. The first-order valence-corrected chi connectivity index (χ1v) is 12.4. The second-order valence-electron chi connectivity index (χ2n) is 9.16. The summed E-state index contributed by atoms with van der Waals surface area (Å²) >= 11 is 0. The number of ether oxygens (including phenoxy) is 2. The molecule has 0 spiro atoms. The number of rotatable bonds is 6. The largest absolute Gasteiger partial charge is 0.459 e. The molecule has 0 aliphatic carbocycles. The highest BCUT2D eigenvalue weighted by Gasteiger charge is 2.31. The lowest BCUT2D eigenvalue weighted by Crippen LogP contribution is -2.45. The van der Waals surface area contributed by atoms with E-state index in [0.29, 0.717) is 13.0 Å². The van der Waals surface area contributed by atoms with E-state index in [1.165, 1.54) is 0 Å². The molecule has 1 aromatic rings. The number of carbonyl (C=O) groups is 4. The average molecular weight is 502 g/mol. The fraction of sp³-hybridized carbons (Fsp3) is 0.538. The molecular weight excluding hydrogens is 466 g/mol. The summed E-state index contributed by atoms with van der Waals surface area (Å²) in [5.74, 6) is -1.68. The van der Waals surface area contributed by atoms with Gasteiger partial charge in [-0.1, -0.05) is 42.5 Å². The second kappa shape index (κ2) is 13.6. The van der Waals surface area contributed by atoms with E-state index < -0.39 is 30.1 Å². The summed E-state index contributed by atoms with van der Waals surface area (Å²) in [6, 6.07) is 8.02. The van der Waals surface area contributed by atoms with Gasteiger partial charge in [0.25, 0.3) is 0 Å². The highest BCUT2D eigenvalue weighted by atomic mass is 16.6. The van der Waals surface area contributed by atoms with Gasteiger partial charge in [0.05, 0.1) is 25.1 Å². The molecule has 2 heterocycles. The molecule has 4 atom stereocenters. The fourth-order valence-electron chi connectivity index (χ4n) is 4.29. The van der Waals surface area contributed by atoms with Crippen LogP contribution < -0.4 is 10.6 Å². The molecule has 3 rings (SSSR count). The lowest BCUT2D eigenvalue weighted by atomic mass is 9.98. The van der Waals surface area contributed by atoms with Crippen molar-refractivity contribution < 1.29 is 33.8 Å². The number of allylic oxidation sites excluding steroid dienone is 1. The van der Waals surface area contributed by atoms with Crippen molar-refractivity contribution in [1.29, 1.82) is 0 Å². The van der Waals surface area contributed by atoms with Gasteiger partial charge in [0.15, 0.2) is 0 Å². The molecule has 1 fully saturated rings. The van der Waals surface area contributed by atoms with Crippen LogP contribution in [0, 0.1) is 5.92 Å². The third-order valence-corrected chi connectivity index (χ3v) is 6.33. The Labute approximate surface area is 211 Å². The van der Waals surface area contributed by atoms with Gasteiger partial charge >= 0.3 is 12.1 Å². The number of amides is 3. The molecule has 3 amide bonds. The van der Waals surface area contributed by atoms with Crippen molar-refractivity contribution in [3.63, 3.8) is 0 Å². The summed E-state index contributed by atoms with van der Waals surface area (Å²) in [7, 11) is 0. The van der Waals surface area contributed by atoms with E-state index in [2.05, 4.69) is 10.6 Å². The van der Waals surface area contributed by atoms with E-state index >= 15 is 0 Å². The van der Waals surface area contributed by atoms with E-state index in [1.807, 2.05) is 30.3 Å². The Hall–Kier alpha value is -3.40. The zero-order valence-electron chi connectivity index (χ0n) is 20.6. The number of benzene rings is 1. The standard InChI is InChI=1S/C26H35N3O7/c1-18-15-27-24(32)20(14-23(31)29-13-7-11-21(29)16-30)10-5-6-12-22(25(33)36-18)28-26(34)35-17-19-8-3-2-4-9-19/h2-6,8-9,18,20-22,30H,7,10-17H2,1H3,(H,27,32)(H,28,34)/t18-,20+,21-,22+/m0/s1. The number of carbonyl (C=O) groups excluding carboxylic acids is 4. The van der Waals surface area contributed by atoms with Crippen LogP contribution in [0.5, 0.6) is 0 Å². The van der Waals surface area contributed by atoms with Crippen molar-refractivity contribution in [3.8, 4) is 0 Å². The van der Waals surface area contributed by atoms with E-state index in [4.69, 9.17) is 9.47 Å². The van der Waals surface area contributed by atoms with Crippen LogP contribution in [-0.4, -0.2) is 71.8 Å². The average Bonchev–Trinajstić information content (AvgIpc) is 3.36. The number of nitrogens with one attached hydrogen (secondary N) is 2. The molecule has 0 saturated carbocycles. The lowest BCUT2D eigenvalue weighted by Gasteiger charge is -2.26. The zero-order chi connectivity index (χ0) is 25.9. The Kier molecular flexibility index (Phi) is 10.3. The number of hydrogen-bond acceptors (Lipinski definition) is 7. The van der Waals surface area contributed by atoms with Crippen molar-refractivity contribution in [3.05, 3.63) is 48.0 Å². The van der Waals surface area contributed by atoms with Crippen molar-refractivity contribution in [2.24, 2.45) is 5.92 Å². The molecule has 0 unspecified atom stereocenters. The van der Waals surface area contributed by atoms with Crippen LogP contribution in [0.15, 0.2) is 42.5 Å². The molecule has 1 saturated heterocycles. The maximum absolute atomic E-state index is 12.8. The van der Waals surface area contributed by atoms with Gasteiger partial charge in [-0.2, -0.15) is 0 Å². The number of aliphatic hydroxyl groups excluding tert-OH is 1. The van der Waals surface area contributed by atoms with Gasteiger partial charge in [-0.15, -0.1) is 0 Å². The number of esters is 1. The summed E-state index contributed by atoms with van der Waals surface area (Å²) in [6.45, 7) is 2.27. The van der Waals surface area contributed by atoms with Gasteiger partial charge in [0.2, 0.25) is 11.8 Å². The van der Waals surface area contributed by atoms with Crippen molar-refractivity contribution in [2.75, 3.05) is 19.7 Å². The molecule has 36 heavy (non-hydrogen) atoms. The van der Waals surface area contributed by atoms with Crippen molar-refractivity contribution in [2.45, 2.75) is 63.8 Å². The van der Waals surface area contributed by atoms with Crippen LogP contribution in [0.2, 0.25) is 0 Å². The molecule has 10 nitrogen and oxygen atoms in total. The molecule has 196 valence electrons. The molecule has 2 aliphatic heterocycles. The zero-order valence-corrected chi connectivity index (χ0v) is 20.6. The molecule has 0 bridgehead atoms. The minimum absolute atomic E-state index is 0.0222. The Balaban J connectivity index is 1.61. The van der Waals surface area contributed by atoms with Crippen molar-refractivity contribution >= 4 is 23.9 Å². The number of alkyl carbamates (subject to hydrolysis) is 1. The van der Waals surface area contributed by atoms with Crippen LogP contribution in [-0.2, 0) is 30.5 Å². The molecule has 2 aliphatic rings. The summed E-state index contributed by atoms with van der Waals surface area (Å²) in [5.41, 5.74) is 0.818. The summed E-state index contributed by atoms with van der Waals surface area (Å²) in [5, 5.41) is 14.8. The van der Waals surface area contributed by atoms with Crippen LogP contribution in [0.25, 0.3) is 0 Å². The normalized spacial score (nSPS) is 25.2. The van der Waals surface area contributed by atoms with Crippen LogP contribution in [0.4, 0.5) is 4.79 Å². The molecule has 0 aromatic heterocycles. The van der Waals surface area contributed by atoms with E-state index in [0.717, 1.165) is 18.4 Å². The van der Waals surface area contributed by atoms with Crippen LogP contribution >= 0.6 is 0 Å². The van der Waals surface area contributed by atoms with Gasteiger partial charge in [-0.05, 0) is 38.2 Å². The van der Waals surface area contributed by atoms with Gasteiger partial charge in [0.1, 0.15) is 18.8 Å². The van der Waals surface area contributed by atoms with Gasteiger partial charge in [-0.3, -0.25) is 9.59 Å². The van der Waals surface area contributed by atoms with Crippen molar-refractivity contribution in [1.82, 2.24) is 15.5 Å². The first kappa shape index (κ1) is 27.2. The minimum atomic E-state index is -0.961. The Morgan fingerprint density at radius 1 is 1.19 bits per heavy atom. The fourth-order valence-corrected chi connectivity index (χ4v) is 4.29. The van der Waals surface area contributed by atoms with Gasteiger partial charge in [-0.25, -0.2) is 9.59 Å². The van der Waals surface area contributed by atoms with Crippen LogP contribution in [0.1, 0.15) is 44.6 Å². The first-order chi connectivity index (χ1) is 17.4. The topological polar surface area (TPSA) is 134 Å². The van der Waals surface area contributed by atoms with E-state index in [1.54, 1.807) is 24.0 Å². The maximum atomic E-state index is 12.8. The smallest absolute Gasteiger partial charge is 0.408 e. The Bertz CT molecular complexity index is 937. The van der Waals surface area contributed by atoms with E-state index in [9.17, 15) is 24.3 Å².